The average Bonchev–Trinajstić information content (AvgIpc) is 3.24. The standard InChI is InChI=1S/C18H20N4O2/c1-24-14-2-3-17-13(10-14)4-7-21(17)9-6-18(23)22-8-5-15-16(11-22)20-12-19-15/h2-4,7,10,12H,5-6,8-9,11H2,1H3,(H,19,20). The first-order valence-corrected chi connectivity index (χ1v) is 8.16. The van der Waals surface area contributed by atoms with E-state index in [9.17, 15) is 4.79 Å². The summed E-state index contributed by atoms with van der Waals surface area (Å²) in [6, 6.07) is 8.06. The van der Waals surface area contributed by atoms with E-state index in [0.717, 1.165) is 41.0 Å². The van der Waals surface area contributed by atoms with Crippen LogP contribution in [0.25, 0.3) is 10.9 Å². The lowest BCUT2D eigenvalue weighted by Gasteiger charge is -2.26. The number of fused-ring (bicyclic) bond motifs is 2. The van der Waals surface area contributed by atoms with Gasteiger partial charge in [-0.1, -0.05) is 0 Å². The van der Waals surface area contributed by atoms with Gasteiger partial charge in [0.05, 0.1) is 31.4 Å². The number of carbonyl (C=O) groups is 1. The van der Waals surface area contributed by atoms with Crippen molar-refractivity contribution in [3.8, 4) is 5.75 Å². The van der Waals surface area contributed by atoms with Crippen LogP contribution in [0.5, 0.6) is 5.75 Å². The Morgan fingerprint density at radius 3 is 3.17 bits per heavy atom. The molecule has 0 saturated carbocycles. The normalized spacial score (nSPS) is 14.0. The second-order valence-electron chi connectivity index (χ2n) is 6.08. The molecule has 0 bridgehead atoms. The first-order valence-electron chi connectivity index (χ1n) is 8.16. The molecule has 0 aliphatic carbocycles. The van der Waals surface area contributed by atoms with Crippen molar-refractivity contribution in [3.63, 3.8) is 0 Å². The summed E-state index contributed by atoms with van der Waals surface area (Å²) in [6.45, 7) is 2.07. The van der Waals surface area contributed by atoms with Crippen LogP contribution in [0.2, 0.25) is 0 Å². The number of nitrogens with one attached hydrogen (secondary N) is 1. The van der Waals surface area contributed by atoms with Gasteiger partial charge >= 0.3 is 0 Å². The van der Waals surface area contributed by atoms with Gasteiger partial charge in [0.1, 0.15) is 5.75 Å². The summed E-state index contributed by atoms with van der Waals surface area (Å²) in [6.07, 6.45) is 5.07. The summed E-state index contributed by atoms with van der Waals surface area (Å²) in [5, 5.41) is 1.13. The van der Waals surface area contributed by atoms with Crippen LogP contribution in [0.1, 0.15) is 17.8 Å². The number of aromatic amines is 1. The van der Waals surface area contributed by atoms with E-state index in [-0.39, 0.29) is 5.91 Å². The summed E-state index contributed by atoms with van der Waals surface area (Å²) in [5.74, 6) is 1.03. The van der Waals surface area contributed by atoms with Crippen LogP contribution in [0.15, 0.2) is 36.8 Å². The fourth-order valence-corrected chi connectivity index (χ4v) is 3.30. The fraction of sp³-hybridized carbons (Fsp3) is 0.333. The van der Waals surface area contributed by atoms with Crippen molar-refractivity contribution in [2.75, 3.05) is 13.7 Å². The summed E-state index contributed by atoms with van der Waals surface area (Å²) in [4.78, 5) is 21.8. The molecule has 1 aliphatic rings. The molecule has 0 saturated heterocycles. The molecule has 0 fully saturated rings. The molecule has 3 aromatic rings. The van der Waals surface area contributed by atoms with E-state index in [2.05, 4.69) is 20.6 Å². The lowest BCUT2D eigenvalue weighted by atomic mass is 10.1. The van der Waals surface area contributed by atoms with E-state index in [1.165, 1.54) is 0 Å². The lowest BCUT2D eigenvalue weighted by Crippen LogP contribution is -2.36. The van der Waals surface area contributed by atoms with Crippen molar-refractivity contribution >= 4 is 16.8 Å². The van der Waals surface area contributed by atoms with Crippen LogP contribution in [0.3, 0.4) is 0 Å². The number of methoxy groups -OCH3 is 1. The minimum absolute atomic E-state index is 0.186. The Balaban J connectivity index is 1.43. The van der Waals surface area contributed by atoms with Crippen molar-refractivity contribution in [2.45, 2.75) is 25.9 Å². The maximum atomic E-state index is 12.5. The monoisotopic (exact) mass is 324 g/mol. The highest BCUT2D eigenvalue weighted by Crippen LogP contribution is 2.22. The Labute approximate surface area is 140 Å². The molecule has 24 heavy (non-hydrogen) atoms. The van der Waals surface area contributed by atoms with Crippen molar-refractivity contribution in [2.24, 2.45) is 0 Å². The fourth-order valence-electron chi connectivity index (χ4n) is 3.30. The van der Waals surface area contributed by atoms with Gasteiger partial charge in [-0.05, 0) is 24.3 Å². The number of H-pyrrole nitrogens is 1. The van der Waals surface area contributed by atoms with Gasteiger partial charge in [0.2, 0.25) is 5.91 Å². The number of hydrogen-bond acceptors (Lipinski definition) is 3. The van der Waals surface area contributed by atoms with Gasteiger partial charge in [-0.3, -0.25) is 4.79 Å². The predicted molar refractivity (Wildman–Crippen MR) is 90.8 cm³/mol. The van der Waals surface area contributed by atoms with E-state index in [1.807, 2.05) is 29.3 Å². The molecule has 1 N–H and O–H groups in total. The maximum Gasteiger partial charge on any atom is 0.224 e. The summed E-state index contributed by atoms with van der Waals surface area (Å²) >= 11 is 0. The number of imidazole rings is 1. The number of benzene rings is 1. The van der Waals surface area contributed by atoms with E-state index in [4.69, 9.17) is 4.74 Å². The van der Waals surface area contributed by atoms with Crippen molar-refractivity contribution in [3.05, 3.63) is 48.2 Å². The Hall–Kier alpha value is -2.76. The third-order valence-corrected chi connectivity index (χ3v) is 4.67. The zero-order chi connectivity index (χ0) is 16.5. The van der Waals surface area contributed by atoms with Crippen LogP contribution in [0, 0.1) is 0 Å². The van der Waals surface area contributed by atoms with E-state index in [0.29, 0.717) is 19.5 Å². The molecular weight excluding hydrogens is 304 g/mol. The molecule has 4 rings (SSSR count). The number of nitrogens with zero attached hydrogens (tertiary/aromatic N) is 3. The quantitative estimate of drug-likeness (QED) is 0.801. The summed E-state index contributed by atoms with van der Waals surface area (Å²) in [7, 11) is 1.67. The Bertz CT molecular complexity index is 880. The van der Waals surface area contributed by atoms with E-state index < -0.39 is 0 Å². The molecule has 0 unspecified atom stereocenters. The third kappa shape index (κ3) is 2.64. The smallest absolute Gasteiger partial charge is 0.224 e. The SMILES string of the molecule is COc1ccc2c(ccn2CCC(=O)N2CCc3nc[nH]c3C2)c1. The molecule has 2 aromatic heterocycles. The Morgan fingerprint density at radius 2 is 2.29 bits per heavy atom. The number of carbonyl (C=O) groups excluding carboxylic acids is 1. The van der Waals surface area contributed by atoms with Gasteiger partial charge in [-0.25, -0.2) is 4.98 Å². The van der Waals surface area contributed by atoms with Crippen molar-refractivity contribution in [1.29, 1.82) is 0 Å². The average molecular weight is 324 g/mol. The minimum atomic E-state index is 0.186. The number of rotatable bonds is 4. The molecule has 1 aromatic carbocycles. The van der Waals surface area contributed by atoms with Gasteiger partial charge < -0.3 is 19.2 Å². The van der Waals surface area contributed by atoms with Crippen LogP contribution in [0.4, 0.5) is 0 Å². The summed E-state index contributed by atoms with van der Waals surface area (Å²) < 4.78 is 7.38. The highest BCUT2D eigenvalue weighted by atomic mass is 16.5. The Kier molecular flexibility index (Phi) is 3.72. The number of aromatic nitrogens is 3. The van der Waals surface area contributed by atoms with Gasteiger partial charge in [0.15, 0.2) is 0 Å². The molecule has 0 atom stereocenters. The maximum absolute atomic E-state index is 12.5. The van der Waals surface area contributed by atoms with E-state index >= 15 is 0 Å². The second kappa shape index (κ2) is 6.03. The first kappa shape index (κ1) is 14.8. The topological polar surface area (TPSA) is 63.1 Å². The highest BCUT2D eigenvalue weighted by Gasteiger charge is 2.22. The second-order valence-corrected chi connectivity index (χ2v) is 6.08. The zero-order valence-electron chi connectivity index (χ0n) is 13.7. The van der Waals surface area contributed by atoms with Crippen LogP contribution in [-0.4, -0.2) is 39.0 Å². The molecular formula is C18H20N4O2. The zero-order valence-corrected chi connectivity index (χ0v) is 13.7. The predicted octanol–water partition coefficient (Wildman–Crippen LogP) is 2.35. The molecule has 3 heterocycles. The number of hydrogen-bond donors (Lipinski definition) is 1. The molecule has 1 amide bonds. The van der Waals surface area contributed by atoms with Crippen molar-refractivity contribution in [1.82, 2.24) is 19.4 Å². The van der Waals surface area contributed by atoms with Crippen molar-refractivity contribution < 1.29 is 9.53 Å². The molecule has 6 heteroatoms. The first-order chi connectivity index (χ1) is 11.7. The molecule has 6 nitrogen and oxygen atoms in total. The Morgan fingerprint density at radius 1 is 1.38 bits per heavy atom. The van der Waals surface area contributed by atoms with Gasteiger partial charge in [0.25, 0.3) is 0 Å². The lowest BCUT2D eigenvalue weighted by molar-refractivity contribution is -0.132. The van der Waals surface area contributed by atoms with Crippen LogP contribution >= 0.6 is 0 Å². The van der Waals surface area contributed by atoms with Gasteiger partial charge in [-0.2, -0.15) is 0 Å². The van der Waals surface area contributed by atoms with Gasteiger partial charge in [-0.15, -0.1) is 0 Å². The van der Waals surface area contributed by atoms with E-state index in [1.54, 1.807) is 13.4 Å². The minimum Gasteiger partial charge on any atom is -0.497 e. The largest absolute Gasteiger partial charge is 0.497 e. The highest BCUT2D eigenvalue weighted by molar-refractivity contribution is 5.82. The van der Waals surface area contributed by atoms with Gasteiger partial charge in [0, 0.05) is 43.0 Å². The van der Waals surface area contributed by atoms with Crippen LogP contribution in [-0.2, 0) is 24.3 Å². The van der Waals surface area contributed by atoms with Crippen LogP contribution < -0.4 is 4.74 Å². The number of aryl methyl sites for hydroxylation is 1. The molecule has 0 spiro atoms. The molecule has 1 aliphatic heterocycles. The summed E-state index contributed by atoms with van der Waals surface area (Å²) in [5.41, 5.74) is 3.27. The number of amides is 1. The third-order valence-electron chi connectivity index (χ3n) is 4.67. The molecule has 124 valence electrons. The molecule has 0 radical (unpaired) electrons. The number of ether oxygens (including phenoxy) is 1.